The second-order valence-electron chi connectivity index (χ2n) is 4.81. The second-order valence-corrected chi connectivity index (χ2v) is 4.81. The first-order valence-electron chi connectivity index (χ1n) is 6.49. The van der Waals surface area contributed by atoms with Gasteiger partial charge < -0.3 is 19.1 Å². The first-order chi connectivity index (χ1) is 9.51. The Kier molecular flexibility index (Phi) is 6.31. The monoisotopic (exact) mass is 281 g/mol. The molecule has 0 aliphatic carbocycles. The molecule has 1 aromatic rings. The predicted octanol–water partition coefficient (Wildman–Crippen LogP) is 1.94. The third kappa shape index (κ3) is 4.42. The Labute approximate surface area is 120 Å². The molecule has 0 fully saturated rings. The molecule has 0 aliphatic rings. The van der Waals surface area contributed by atoms with E-state index in [0.717, 1.165) is 12.1 Å². The normalized spacial score (nSPS) is 12.1. The van der Waals surface area contributed by atoms with Crippen molar-refractivity contribution < 1.29 is 19.0 Å². The highest BCUT2D eigenvalue weighted by molar-refractivity contribution is 5.72. The van der Waals surface area contributed by atoms with E-state index in [0.29, 0.717) is 18.0 Å². The molecule has 0 aliphatic heterocycles. The molecule has 0 spiro atoms. The number of nitrogens with zero attached hydrogens (tertiary/aromatic N) is 1. The van der Waals surface area contributed by atoms with Gasteiger partial charge in [0, 0.05) is 13.1 Å². The molecule has 0 aromatic heterocycles. The summed E-state index contributed by atoms with van der Waals surface area (Å²) < 4.78 is 15.2. The third-order valence-electron chi connectivity index (χ3n) is 3.09. The molecule has 1 rings (SSSR count). The van der Waals surface area contributed by atoms with Gasteiger partial charge in [0.05, 0.1) is 27.2 Å². The molecule has 5 nitrogen and oxygen atoms in total. The molecule has 5 heteroatoms. The van der Waals surface area contributed by atoms with Gasteiger partial charge >= 0.3 is 5.97 Å². The summed E-state index contributed by atoms with van der Waals surface area (Å²) in [6, 6.07) is 5.81. The van der Waals surface area contributed by atoms with Gasteiger partial charge in [-0.25, -0.2) is 0 Å². The minimum Gasteiger partial charge on any atom is -0.493 e. The van der Waals surface area contributed by atoms with Gasteiger partial charge in [-0.05, 0) is 24.7 Å². The van der Waals surface area contributed by atoms with Crippen molar-refractivity contribution in [1.82, 2.24) is 4.90 Å². The van der Waals surface area contributed by atoms with Gasteiger partial charge in [0.25, 0.3) is 0 Å². The van der Waals surface area contributed by atoms with Crippen molar-refractivity contribution >= 4 is 5.97 Å². The number of carbonyl (C=O) groups excluding carboxylic acids is 1. The Morgan fingerprint density at radius 3 is 2.40 bits per heavy atom. The fourth-order valence-corrected chi connectivity index (χ4v) is 2.10. The van der Waals surface area contributed by atoms with E-state index in [1.807, 2.05) is 32.2 Å². The molecular formula is C15H23NO4. The molecule has 0 saturated carbocycles. The highest BCUT2D eigenvalue weighted by atomic mass is 16.5. The molecule has 1 atom stereocenters. The van der Waals surface area contributed by atoms with Gasteiger partial charge in [0.1, 0.15) is 0 Å². The van der Waals surface area contributed by atoms with E-state index in [1.54, 1.807) is 14.2 Å². The zero-order valence-corrected chi connectivity index (χ0v) is 12.8. The molecule has 20 heavy (non-hydrogen) atoms. The lowest BCUT2D eigenvalue weighted by molar-refractivity contribution is -0.145. The van der Waals surface area contributed by atoms with E-state index in [4.69, 9.17) is 14.2 Å². The highest BCUT2D eigenvalue weighted by Gasteiger charge is 2.16. The molecule has 1 aromatic carbocycles. The van der Waals surface area contributed by atoms with Crippen LogP contribution in [0.4, 0.5) is 0 Å². The van der Waals surface area contributed by atoms with Gasteiger partial charge in [-0.15, -0.1) is 0 Å². The van der Waals surface area contributed by atoms with Crippen molar-refractivity contribution in [2.75, 3.05) is 34.9 Å². The molecule has 0 saturated heterocycles. The summed E-state index contributed by atoms with van der Waals surface area (Å²) in [7, 11) is 6.61. The summed E-state index contributed by atoms with van der Waals surface area (Å²) in [5.74, 6) is 1.08. The van der Waals surface area contributed by atoms with Crippen LogP contribution in [0.5, 0.6) is 11.5 Å². The first-order valence-corrected chi connectivity index (χ1v) is 6.49. The topological polar surface area (TPSA) is 48.0 Å². The van der Waals surface area contributed by atoms with Crippen LogP contribution in [0.1, 0.15) is 12.5 Å². The van der Waals surface area contributed by atoms with Crippen molar-refractivity contribution in [3.05, 3.63) is 23.8 Å². The first kappa shape index (κ1) is 16.3. The second kappa shape index (κ2) is 7.75. The van der Waals surface area contributed by atoms with Crippen molar-refractivity contribution in [2.24, 2.45) is 5.92 Å². The van der Waals surface area contributed by atoms with Crippen molar-refractivity contribution in [3.8, 4) is 11.5 Å². The molecule has 0 bridgehead atoms. The zero-order chi connectivity index (χ0) is 15.1. The molecule has 1 unspecified atom stereocenters. The average Bonchev–Trinajstić information content (AvgIpc) is 2.45. The van der Waals surface area contributed by atoms with Crippen molar-refractivity contribution in [3.63, 3.8) is 0 Å². The van der Waals surface area contributed by atoms with Crippen LogP contribution in [0.15, 0.2) is 18.2 Å². The lowest BCUT2D eigenvalue weighted by Gasteiger charge is -2.20. The van der Waals surface area contributed by atoms with Crippen LogP contribution in [-0.2, 0) is 16.1 Å². The Bertz CT molecular complexity index is 447. The number of carbonyl (C=O) groups is 1. The quantitative estimate of drug-likeness (QED) is 0.715. The lowest BCUT2D eigenvalue weighted by atomic mass is 10.1. The number of hydrogen-bond donors (Lipinski definition) is 0. The maximum atomic E-state index is 11.4. The highest BCUT2D eigenvalue weighted by Crippen LogP contribution is 2.27. The zero-order valence-electron chi connectivity index (χ0n) is 12.8. The molecule has 0 amide bonds. The van der Waals surface area contributed by atoms with Crippen LogP contribution in [0.25, 0.3) is 0 Å². The Morgan fingerprint density at radius 2 is 1.85 bits per heavy atom. The predicted molar refractivity (Wildman–Crippen MR) is 77.1 cm³/mol. The van der Waals surface area contributed by atoms with Crippen LogP contribution in [-0.4, -0.2) is 45.8 Å². The van der Waals surface area contributed by atoms with E-state index in [2.05, 4.69) is 4.90 Å². The fourth-order valence-electron chi connectivity index (χ4n) is 2.10. The minimum atomic E-state index is -0.191. The van der Waals surface area contributed by atoms with Gasteiger partial charge in [0.2, 0.25) is 0 Å². The smallest absolute Gasteiger partial charge is 0.309 e. The molecule has 0 N–H and O–H groups in total. The van der Waals surface area contributed by atoms with E-state index in [1.165, 1.54) is 7.11 Å². The summed E-state index contributed by atoms with van der Waals surface area (Å²) in [6.45, 7) is 3.22. The fraction of sp³-hybridized carbons (Fsp3) is 0.533. The van der Waals surface area contributed by atoms with E-state index >= 15 is 0 Å². The number of methoxy groups -OCH3 is 3. The third-order valence-corrected chi connectivity index (χ3v) is 3.09. The van der Waals surface area contributed by atoms with E-state index < -0.39 is 0 Å². The lowest BCUT2D eigenvalue weighted by Crippen LogP contribution is -2.29. The van der Waals surface area contributed by atoms with Crippen LogP contribution in [0.2, 0.25) is 0 Å². The number of ether oxygens (including phenoxy) is 3. The van der Waals surface area contributed by atoms with Crippen LogP contribution in [0.3, 0.4) is 0 Å². The average molecular weight is 281 g/mol. The summed E-state index contributed by atoms with van der Waals surface area (Å²) >= 11 is 0. The van der Waals surface area contributed by atoms with Crippen LogP contribution in [0, 0.1) is 5.92 Å². The Balaban J connectivity index is 2.66. The maximum absolute atomic E-state index is 11.4. The van der Waals surface area contributed by atoms with Crippen LogP contribution >= 0.6 is 0 Å². The van der Waals surface area contributed by atoms with Crippen LogP contribution < -0.4 is 9.47 Å². The Hall–Kier alpha value is -1.75. The van der Waals surface area contributed by atoms with Crippen molar-refractivity contribution in [1.29, 1.82) is 0 Å². The van der Waals surface area contributed by atoms with Gasteiger partial charge in [0.15, 0.2) is 11.5 Å². The number of hydrogen-bond acceptors (Lipinski definition) is 5. The number of rotatable bonds is 7. The minimum absolute atomic E-state index is 0.148. The molecular weight excluding hydrogens is 258 g/mol. The number of esters is 1. The summed E-state index contributed by atoms with van der Waals surface area (Å²) in [6.07, 6.45) is 0. The molecule has 0 radical (unpaired) electrons. The number of benzene rings is 1. The summed E-state index contributed by atoms with van der Waals surface area (Å²) in [4.78, 5) is 13.5. The summed E-state index contributed by atoms with van der Waals surface area (Å²) in [5, 5.41) is 0. The van der Waals surface area contributed by atoms with E-state index in [-0.39, 0.29) is 11.9 Å². The largest absolute Gasteiger partial charge is 0.493 e. The van der Waals surface area contributed by atoms with Gasteiger partial charge in [-0.3, -0.25) is 4.79 Å². The molecule has 0 heterocycles. The van der Waals surface area contributed by atoms with E-state index in [9.17, 15) is 4.79 Å². The standard InChI is InChI=1S/C15H23NO4/c1-11(15(17)20-5)9-16(2)10-12-6-7-13(18-3)14(8-12)19-4/h6-8,11H,9-10H2,1-5H3. The SMILES string of the molecule is COC(=O)C(C)CN(C)Cc1ccc(OC)c(OC)c1. The van der Waals surface area contributed by atoms with Gasteiger partial charge in [-0.1, -0.05) is 13.0 Å². The van der Waals surface area contributed by atoms with Gasteiger partial charge in [-0.2, -0.15) is 0 Å². The Morgan fingerprint density at radius 1 is 1.20 bits per heavy atom. The van der Waals surface area contributed by atoms with Crippen molar-refractivity contribution in [2.45, 2.75) is 13.5 Å². The summed E-state index contributed by atoms with van der Waals surface area (Å²) in [5.41, 5.74) is 1.10. The maximum Gasteiger partial charge on any atom is 0.309 e. The molecule has 112 valence electrons.